The molecule has 2 unspecified atom stereocenters. The van der Waals surface area contributed by atoms with Crippen molar-refractivity contribution in [1.29, 1.82) is 0 Å². The Kier molecular flexibility index (Phi) is 4.27. The Morgan fingerprint density at radius 1 is 1.48 bits per heavy atom. The van der Waals surface area contributed by atoms with Gasteiger partial charge >= 0.3 is 6.18 Å². The summed E-state index contributed by atoms with van der Waals surface area (Å²) >= 11 is 0. The molecule has 1 saturated carbocycles. The molecule has 4 N–H and O–H groups in total. The summed E-state index contributed by atoms with van der Waals surface area (Å²) in [6.45, 7) is 2.19. The van der Waals surface area contributed by atoms with E-state index in [2.05, 4.69) is 22.2 Å². The summed E-state index contributed by atoms with van der Waals surface area (Å²) in [6, 6.07) is 0.798. The highest BCUT2D eigenvalue weighted by Gasteiger charge is 2.35. The Bertz CT molecular complexity index is 509. The molecular formula is C13H19F3N4O. The van der Waals surface area contributed by atoms with Gasteiger partial charge in [-0.25, -0.2) is 4.98 Å². The number of aromatic nitrogens is 2. The van der Waals surface area contributed by atoms with Crippen LogP contribution in [0.5, 0.6) is 0 Å². The van der Waals surface area contributed by atoms with Crippen LogP contribution in [0.25, 0.3) is 0 Å². The molecule has 0 bridgehead atoms. The first-order valence-electron chi connectivity index (χ1n) is 6.86. The molecule has 0 spiro atoms. The third-order valence-corrected chi connectivity index (χ3v) is 3.70. The lowest BCUT2D eigenvalue weighted by atomic mass is 9.79. The van der Waals surface area contributed by atoms with Crippen LogP contribution in [0.4, 0.5) is 24.9 Å². The second-order valence-electron chi connectivity index (χ2n) is 5.77. The maximum absolute atomic E-state index is 12.6. The lowest BCUT2D eigenvalue weighted by molar-refractivity contribution is -0.141. The van der Waals surface area contributed by atoms with Gasteiger partial charge in [0.15, 0.2) is 5.69 Å². The van der Waals surface area contributed by atoms with Gasteiger partial charge in [-0.2, -0.15) is 18.2 Å². The van der Waals surface area contributed by atoms with Crippen molar-refractivity contribution < 1.29 is 18.3 Å². The van der Waals surface area contributed by atoms with Crippen LogP contribution in [0.1, 0.15) is 38.3 Å². The number of hydrogen-bond acceptors (Lipinski definition) is 5. The summed E-state index contributed by atoms with van der Waals surface area (Å²) < 4.78 is 37.9. The number of anilines is 2. The number of nitrogens with zero attached hydrogens (tertiary/aromatic N) is 2. The molecule has 1 aromatic heterocycles. The number of aliphatic hydroxyl groups is 1. The van der Waals surface area contributed by atoms with E-state index in [1.54, 1.807) is 0 Å². The van der Waals surface area contributed by atoms with Crippen LogP contribution in [0.3, 0.4) is 0 Å². The molecule has 1 aliphatic carbocycles. The van der Waals surface area contributed by atoms with Crippen LogP contribution in [-0.2, 0) is 6.18 Å². The minimum Gasteiger partial charge on any atom is -0.388 e. The van der Waals surface area contributed by atoms with Crippen LogP contribution in [0.2, 0.25) is 0 Å². The topological polar surface area (TPSA) is 84.1 Å². The van der Waals surface area contributed by atoms with Crippen molar-refractivity contribution in [2.45, 2.75) is 44.4 Å². The zero-order chi connectivity index (χ0) is 15.7. The number of halogens is 3. The number of nitrogens with two attached hydrogens (primary N) is 1. The van der Waals surface area contributed by atoms with Crippen molar-refractivity contribution in [3.63, 3.8) is 0 Å². The molecule has 2 atom stereocenters. The molecule has 0 aliphatic heterocycles. The third kappa shape index (κ3) is 4.20. The highest BCUT2D eigenvalue weighted by atomic mass is 19.4. The minimum absolute atomic E-state index is 0.0264. The molecule has 1 aliphatic rings. The molecule has 1 aromatic rings. The fourth-order valence-corrected chi connectivity index (χ4v) is 2.75. The van der Waals surface area contributed by atoms with E-state index in [0.717, 1.165) is 18.9 Å². The number of alkyl halides is 3. The van der Waals surface area contributed by atoms with E-state index in [9.17, 15) is 18.3 Å². The maximum atomic E-state index is 12.6. The number of rotatable bonds is 3. The summed E-state index contributed by atoms with van der Waals surface area (Å²) in [5.41, 5.74) is 3.28. The summed E-state index contributed by atoms with van der Waals surface area (Å²) in [7, 11) is 0. The molecule has 0 aromatic carbocycles. The van der Waals surface area contributed by atoms with Crippen LogP contribution in [0, 0.1) is 5.92 Å². The predicted octanol–water partition coefficient (Wildman–Crippen LogP) is 2.43. The van der Waals surface area contributed by atoms with Gasteiger partial charge in [0.2, 0.25) is 5.95 Å². The van der Waals surface area contributed by atoms with Crippen molar-refractivity contribution >= 4 is 11.8 Å². The molecule has 1 fully saturated rings. The Labute approximate surface area is 120 Å². The van der Waals surface area contributed by atoms with Gasteiger partial charge in [-0.1, -0.05) is 19.8 Å². The van der Waals surface area contributed by atoms with Gasteiger partial charge in [-0.15, -0.1) is 0 Å². The van der Waals surface area contributed by atoms with Crippen LogP contribution in [0.15, 0.2) is 6.07 Å². The molecule has 1 heterocycles. The smallest absolute Gasteiger partial charge is 0.388 e. The van der Waals surface area contributed by atoms with E-state index in [4.69, 9.17) is 5.73 Å². The van der Waals surface area contributed by atoms with E-state index in [1.807, 2.05) is 0 Å². The van der Waals surface area contributed by atoms with Gasteiger partial charge in [-0.3, -0.25) is 0 Å². The van der Waals surface area contributed by atoms with Gasteiger partial charge in [0.1, 0.15) is 5.82 Å². The van der Waals surface area contributed by atoms with E-state index < -0.39 is 23.4 Å². The molecule has 0 radical (unpaired) electrons. The second-order valence-corrected chi connectivity index (χ2v) is 5.77. The monoisotopic (exact) mass is 304 g/mol. The lowest BCUT2D eigenvalue weighted by Crippen LogP contribution is -2.41. The Hall–Kier alpha value is -1.57. The number of nitrogens with one attached hydrogen (secondary N) is 1. The van der Waals surface area contributed by atoms with Crippen molar-refractivity contribution in [2.24, 2.45) is 5.92 Å². The Morgan fingerprint density at radius 2 is 2.19 bits per heavy atom. The summed E-state index contributed by atoms with van der Waals surface area (Å²) in [5, 5.41) is 13.2. The van der Waals surface area contributed by atoms with Gasteiger partial charge in [0.05, 0.1) is 5.60 Å². The molecule has 2 rings (SSSR count). The van der Waals surface area contributed by atoms with Crippen LogP contribution < -0.4 is 11.1 Å². The van der Waals surface area contributed by atoms with E-state index in [0.29, 0.717) is 18.8 Å². The second kappa shape index (κ2) is 5.67. The van der Waals surface area contributed by atoms with Crippen molar-refractivity contribution in [2.75, 3.05) is 17.6 Å². The SMILES string of the molecule is CC1CCCC(O)(CNc2cc(C(F)(F)F)nc(N)n2)C1. The van der Waals surface area contributed by atoms with Crippen molar-refractivity contribution in [3.8, 4) is 0 Å². The minimum atomic E-state index is -4.58. The first kappa shape index (κ1) is 15.8. The first-order valence-corrected chi connectivity index (χ1v) is 6.86. The first-order chi connectivity index (χ1) is 9.68. The largest absolute Gasteiger partial charge is 0.433 e. The molecule has 8 heteroatoms. The fraction of sp³-hybridized carbons (Fsp3) is 0.692. The predicted molar refractivity (Wildman–Crippen MR) is 72.5 cm³/mol. The Morgan fingerprint density at radius 3 is 2.81 bits per heavy atom. The zero-order valence-corrected chi connectivity index (χ0v) is 11.7. The molecule has 0 saturated heterocycles. The van der Waals surface area contributed by atoms with E-state index in [-0.39, 0.29) is 12.4 Å². The van der Waals surface area contributed by atoms with Crippen molar-refractivity contribution in [1.82, 2.24) is 9.97 Å². The average molecular weight is 304 g/mol. The third-order valence-electron chi connectivity index (χ3n) is 3.70. The van der Waals surface area contributed by atoms with Gasteiger partial charge < -0.3 is 16.2 Å². The highest BCUT2D eigenvalue weighted by molar-refractivity contribution is 5.41. The van der Waals surface area contributed by atoms with Gasteiger partial charge in [0, 0.05) is 12.6 Å². The average Bonchev–Trinajstić information content (AvgIpc) is 2.34. The molecular weight excluding hydrogens is 285 g/mol. The standard InChI is InChI=1S/C13H19F3N4O/c1-8-3-2-4-12(21,6-8)7-18-10-5-9(13(14,15)16)19-11(17)20-10/h5,8,21H,2-4,6-7H2,1H3,(H3,17,18,19,20). The van der Waals surface area contributed by atoms with Crippen LogP contribution in [-0.4, -0.2) is 27.2 Å². The normalized spacial score (nSPS) is 26.6. The van der Waals surface area contributed by atoms with E-state index in [1.165, 1.54) is 0 Å². The summed E-state index contributed by atoms with van der Waals surface area (Å²) in [6.07, 6.45) is -1.38. The number of hydrogen-bond donors (Lipinski definition) is 3. The van der Waals surface area contributed by atoms with Gasteiger partial charge in [0.25, 0.3) is 0 Å². The van der Waals surface area contributed by atoms with E-state index >= 15 is 0 Å². The maximum Gasteiger partial charge on any atom is 0.433 e. The van der Waals surface area contributed by atoms with Crippen molar-refractivity contribution in [3.05, 3.63) is 11.8 Å². The van der Waals surface area contributed by atoms with Gasteiger partial charge in [-0.05, 0) is 18.8 Å². The summed E-state index contributed by atoms with van der Waals surface area (Å²) in [5.74, 6) is -0.0791. The lowest BCUT2D eigenvalue weighted by Gasteiger charge is -2.35. The molecule has 21 heavy (non-hydrogen) atoms. The quantitative estimate of drug-likeness (QED) is 0.798. The Balaban J connectivity index is 2.08. The zero-order valence-electron chi connectivity index (χ0n) is 11.7. The molecule has 0 amide bonds. The fourth-order valence-electron chi connectivity index (χ4n) is 2.75. The molecule has 118 valence electrons. The summed E-state index contributed by atoms with van der Waals surface area (Å²) in [4.78, 5) is 6.89. The van der Waals surface area contributed by atoms with Crippen LogP contribution >= 0.6 is 0 Å². The number of nitrogen functional groups attached to an aromatic ring is 1. The highest BCUT2D eigenvalue weighted by Crippen LogP contribution is 2.33. The molecule has 5 nitrogen and oxygen atoms in total.